The average molecular weight is 362 g/mol. The number of aromatic amines is 1. The first-order chi connectivity index (χ1) is 13.2. The summed E-state index contributed by atoms with van der Waals surface area (Å²) in [6.45, 7) is 0. The topological polar surface area (TPSA) is 97.8 Å². The van der Waals surface area contributed by atoms with Crippen molar-refractivity contribution in [3.8, 4) is 11.4 Å². The number of ketones is 2. The van der Waals surface area contributed by atoms with E-state index >= 15 is 0 Å². The van der Waals surface area contributed by atoms with Gasteiger partial charge in [-0.1, -0.05) is 24.3 Å². The minimum Gasteiger partial charge on any atom is -0.465 e. The van der Waals surface area contributed by atoms with Crippen LogP contribution in [0.15, 0.2) is 46.9 Å². The van der Waals surface area contributed by atoms with E-state index in [1.165, 1.54) is 0 Å². The smallest absolute Gasteiger partial charge is 0.204 e. The van der Waals surface area contributed by atoms with Crippen molar-refractivity contribution in [3.05, 3.63) is 52.5 Å². The van der Waals surface area contributed by atoms with Crippen molar-refractivity contribution in [2.45, 2.75) is 44.4 Å². The maximum Gasteiger partial charge on any atom is 0.204 e. The molecule has 0 spiro atoms. The van der Waals surface area contributed by atoms with Crippen LogP contribution in [0.25, 0.3) is 11.4 Å². The average Bonchev–Trinajstić information content (AvgIpc) is 3.22. The van der Waals surface area contributed by atoms with Crippen molar-refractivity contribution < 1.29 is 14.3 Å². The Morgan fingerprint density at radius 1 is 0.889 bits per heavy atom. The number of nitrogens with zero attached hydrogens (tertiary/aromatic N) is 3. The SMILES string of the molecule is O=C1CCCC2=C1C(c1ccc(-c3nn[nH]n3)cc1)C1=C(CCCC1=O)O2. The fraction of sp³-hybridized carbons (Fsp3) is 0.350. The number of H-pyrrole nitrogens is 1. The van der Waals surface area contributed by atoms with Gasteiger partial charge in [-0.25, -0.2) is 0 Å². The molecule has 3 aliphatic rings. The fourth-order valence-corrected chi connectivity index (χ4v) is 4.26. The van der Waals surface area contributed by atoms with Crippen molar-refractivity contribution in [1.29, 1.82) is 0 Å². The van der Waals surface area contributed by atoms with Gasteiger partial charge in [0, 0.05) is 48.3 Å². The molecule has 5 rings (SSSR count). The third kappa shape index (κ3) is 2.61. The molecule has 0 radical (unpaired) electrons. The van der Waals surface area contributed by atoms with Crippen LogP contribution in [0, 0.1) is 0 Å². The van der Waals surface area contributed by atoms with E-state index in [1.807, 2.05) is 24.3 Å². The first-order valence-electron chi connectivity index (χ1n) is 9.26. The summed E-state index contributed by atoms with van der Waals surface area (Å²) in [5, 5.41) is 14.0. The summed E-state index contributed by atoms with van der Waals surface area (Å²) in [5.41, 5.74) is 3.09. The summed E-state index contributed by atoms with van der Waals surface area (Å²) in [6, 6.07) is 7.69. The molecule has 0 unspecified atom stereocenters. The third-order valence-electron chi connectivity index (χ3n) is 5.49. The summed E-state index contributed by atoms with van der Waals surface area (Å²) in [7, 11) is 0. The lowest BCUT2D eigenvalue weighted by Gasteiger charge is -2.36. The highest BCUT2D eigenvalue weighted by molar-refractivity contribution is 6.05. The van der Waals surface area contributed by atoms with Gasteiger partial charge in [-0.3, -0.25) is 9.59 Å². The Morgan fingerprint density at radius 2 is 1.52 bits per heavy atom. The highest BCUT2D eigenvalue weighted by Crippen LogP contribution is 2.47. The van der Waals surface area contributed by atoms with E-state index in [0.717, 1.165) is 48.3 Å². The number of hydrogen-bond donors (Lipinski definition) is 1. The predicted octanol–water partition coefficient (Wildman–Crippen LogP) is 2.99. The number of benzene rings is 1. The zero-order valence-corrected chi connectivity index (χ0v) is 14.7. The highest BCUT2D eigenvalue weighted by atomic mass is 16.5. The lowest BCUT2D eigenvalue weighted by molar-refractivity contribution is -0.117. The van der Waals surface area contributed by atoms with Gasteiger partial charge in [0.05, 0.1) is 0 Å². The molecular formula is C20H18N4O3. The number of aromatic nitrogens is 4. The lowest BCUT2D eigenvalue weighted by atomic mass is 9.73. The molecule has 2 heterocycles. The first-order valence-corrected chi connectivity index (χ1v) is 9.26. The molecule has 0 atom stereocenters. The van der Waals surface area contributed by atoms with Crippen LogP contribution in [0.3, 0.4) is 0 Å². The molecule has 1 N–H and O–H groups in total. The van der Waals surface area contributed by atoms with Gasteiger partial charge in [0.15, 0.2) is 11.6 Å². The van der Waals surface area contributed by atoms with E-state index in [9.17, 15) is 9.59 Å². The molecule has 2 aliphatic carbocycles. The Bertz CT molecular complexity index is 945. The molecule has 0 bridgehead atoms. The van der Waals surface area contributed by atoms with Gasteiger partial charge >= 0.3 is 0 Å². The van der Waals surface area contributed by atoms with Crippen LogP contribution >= 0.6 is 0 Å². The molecule has 1 aromatic carbocycles. The van der Waals surface area contributed by atoms with Crippen LogP contribution < -0.4 is 0 Å². The van der Waals surface area contributed by atoms with E-state index < -0.39 is 0 Å². The van der Waals surface area contributed by atoms with Crippen molar-refractivity contribution in [2.24, 2.45) is 0 Å². The van der Waals surface area contributed by atoms with Crippen molar-refractivity contribution in [1.82, 2.24) is 20.6 Å². The third-order valence-corrected chi connectivity index (χ3v) is 5.49. The van der Waals surface area contributed by atoms with Crippen LogP contribution in [0.2, 0.25) is 0 Å². The fourth-order valence-electron chi connectivity index (χ4n) is 4.26. The van der Waals surface area contributed by atoms with Gasteiger partial charge in [-0.05, 0) is 23.6 Å². The number of tetrazole rings is 1. The van der Waals surface area contributed by atoms with Gasteiger partial charge in [0.1, 0.15) is 11.5 Å². The summed E-state index contributed by atoms with van der Waals surface area (Å²) in [6.07, 6.45) is 4.13. The van der Waals surface area contributed by atoms with Crippen LogP contribution in [0.5, 0.6) is 0 Å². The van der Waals surface area contributed by atoms with Gasteiger partial charge in [-0.15, -0.1) is 10.2 Å². The summed E-state index contributed by atoms with van der Waals surface area (Å²) in [5.74, 6) is 1.88. The number of carbonyl (C=O) groups is 2. The Morgan fingerprint density at radius 3 is 2.07 bits per heavy atom. The van der Waals surface area contributed by atoms with Crippen LogP contribution in [-0.4, -0.2) is 32.2 Å². The highest BCUT2D eigenvalue weighted by Gasteiger charge is 2.41. The predicted molar refractivity (Wildman–Crippen MR) is 95.2 cm³/mol. The molecule has 27 heavy (non-hydrogen) atoms. The molecule has 1 aliphatic heterocycles. The molecule has 0 amide bonds. The number of Topliss-reactive ketones (excluding diaryl/α,β-unsaturated/α-hetero) is 2. The minimum atomic E-state index is -0.330. The van der Waals surface area contributed by atoms with E-state index in [2.05, 4.69) is 20.6 Å². The van der Waals surface area contributed by atoms with Crippen LogP contribution in [-0.2, 0) is 14.3 Å². The molecule has 0 fully saturated rings. The van der Waals surface area contributed by atoms with E-state index in [1.54, 1.807) is 0 Å². The zero-order valence-electron chi connectivity index (χ0n) is 14.7. The molecule has 7 heteroatoms. The Balaban J connectivity index is 1.62. The second kappa shape index (κ2) is 6.26. The first kappa shape index (κ1) is 16.1. The van der Waals surface area contributed by atoms with Crippen LogP contribution in [0.1, 0.15) is 50.0 Å². The number of ether oxygens (including phenoxy) is 1. The van der Waals surface area contributed by atoms with Gasteiger partial charge < -0.3 is 4.74 Å². The molecular weight excluding hydrogens is 344 g/mol. The Hall–Kier alpha value is -3.09. The lowest BCUT2D eigenvalue weighted by Crippen LogP contribution is -2.30. The molecule has 0 saturated carbocycles. The van der Waals surface area contributed by atoms with E-state index in [4.69, 9.17) is 4.74 Å². The van der Waals surface area contributed by atoms with E-state index in [-0.39, 0.29) is 17.5 Å². The normalized spacial score (nSPS) is 20.4. The molecule has 1 aromatic heterocycles. The van der Waals surface area contributed by atoms with Crippen molar-refractivity contribution >= 4 is 11.6 Å². The summed E-state index contributed by atoms with van der Waals surface area (Å²) < 4.78 is 6.05. The second-order valence-electron chi connectivity index (χ2n) is 7.12. The standard InChI is InChI=1S/C20H18N4O3/c25-13-3-1-5-15-18(13)17(19-14(26)4-2-6-16(19)27-15)11-7-9-12(10-8-11)20-21-23-24-22-20/h7-10,17H,1-6H2,(H,21,22,23,24). The monoisotopic (exact) mass is 362 g/mol. The quantitative estimate of drug-likeness (QED) is 0.882. The number of nitrogens with one attached hydrogen (secondary N) is 1. The minimum absolute atomic E-state index is 0.0911. The summed E-state index contributed by atoms with van der Waals surface area (Å²) in [4.78, 5) is 25.5. The van der Waals surface area contributed by atoms with Gasteiger partial charge in [-0.2, -0.15) is 5.21 Å². The van der Waals surface area contributed by atoms with Gasteiger partial charge in [0.25, 0.3) is 0 Å². The van der Waals surface area contributed by atoms with Gasteiger partial charge in [0.2, 0.25) is 5.82 Å². The number of carbonyl (C=O) groups excluding carboxylic acids is 2. The summed E-state index contributed by atoms with van der Waals surface area (Å²) >= 11 is 0. The molecule has 7 nitrogen and oxygen atoms in total. The second-order valence-corrected chi connectivity index (χ2v) is 7.12. The Kier molecular flexibility index (Phi) is 3.74. The van der Waals surface area contributed by atoms with Crippen molar-refractivity contribution in [3.63, 3.8) is 0 Å². The number of allylic oxidation sites excluding steroid dienone is 4. The largest absolute Gasteiger partial charge is 0.465 e. The zero-order chi connectivity index (χ0) is 18.4. The van der Waals surface area contributed by atoms with E-state index in [0.29, 0.717) is 29.8 Å². The maximum atomic E-state index is 12.7. The Labute approximate surface area is 155 Å². The molecule has 0 saturated heterocycles. The van der Waals surface area contributed by atoms with Crippen LogP contribution in [0.4, 0.5) is 0 Å². The number of rotatable bonds is 2. The number of hydrogen-bond acceptors (Lipinski definition) is 6. The maximum absolute atomic E-state index is 12.7. The molecule has 2 aromatic rings. The van der Waals surface area contributed by atoms with Crippen molar-refractivity contribution in [2.75, 3.05) is 0 Å². The molecule has 136 valence electrons.